The van der Waals surface area contributed by atoms with Crippen molar-refractivity contribution in [3.8, 4) is 0 Å². The van der Waals surface area contributed by atoms with E-state index in [1.165, 1.54) is 5.41 Å². The first kappa shape index (κ1) is 15.5. The minimum absolute atomic E-state index is 0.0587. The molecule has 2 fully saturated rings. The van der Waals surface area contributed by atoms with E-state index in [1.807, 2.05) is 41.2 Å². The molecule has 0 amide bonds. The Hall–Kier alpha value is -1.99. The zero-order valence-corrected chi connectivity index (χ0v) is 14.1. The zero-order valence-electron chi connectivity index (χ0n) is 13.3. The molecule has 0 saturated carbocycles. The van der Waals surface area contributed by atoms with Crippen molar-refractivity contribution in [1.29, 1.82) is 0 Å². The Morgan fingerprint density at radius 3 is 2.38 bits per heavy atom. The summed E-state index contributed by atoms with van der Waals surface area (Å²) in [4.78, 5) is 0. The van der Waals surface area contributed by atoms with Crippen LogP contribution in [0.2, 0.25) is 0 Å². The summed E-state index contributed by atoms with van der Waals surface area (Å²) < 4.78 is 29.2. The van der Waals surface area contributed by atoms with Gasteiger partial charge in [0.25, 0.3) is 0 Å². The van der Waals surface area contributed by atoms with Crippen LogP contribution in [-0.4, -0.2) is 39.8 Å². The van der Waals surface area contributed by atoms with Gasteiger partial charge in [-0.1, -0.05) is 35.5 Å². The van der Waals surface area contributed by atoms with Crippen LogP contribution < -0.4 is 0 Å². The van der Waals surface area contributed by atoms with Gasteiger partial charge < -0.3 is 0 Å². The predicted octanol–water partition coefficient (Wildman–Crippen LogP) is 2.45. The van der Waals surface area contributed by atoms with Gasteiger partial charge in [0.05, 0.1) is 12.2 Å². The second-order valence-corrected chi connectivity index (χ2v) is 8.21. The van der Waals surface area contributed by atoms with E-state index in [2.05, 4.69) is 10.3 Å². The Kier molecular flexibility index (Phi) is 3.97. The molecule has 1 aromatic heterocycles. The average Bonchev–Trinajstić information content (AvgIpc) is 3.21. The molecule has 0 spiro atoms. The number of sulfonamides is 1. The lowest BCUT2D eigenvalue weighted by atomic mass is 10.00. The van der Waals surface area contributed by atoms with Crippen LogP contribution in [0.4, 0.5) is 0 Å². The van der Waals surface area contributed by atoms with Crippen molar-refractivity contribution in [3.63, 3.8) is 0 Å². The van der Waals surface area contributed by atoms with Crippen molar-refractivity contribution in [2.24, 2.45) is 0 Å². The quantitative estimate of drug-likeness (QED) is 0.854. The van der Waals surface area contributed by atoms with Gasteiger partial charge in [-0.3, -0.25) is 0 Å². The first-order valence-electron chi connectivity index (χ1n) is 8.26. The van der Waals surface area contributed by atoms with Crippen molar-refractivity contribution >= 4 is 16.1 Å². The maximum atomic E-state index is 12.8. The van der Waals surface area contributed by atoms with Crippen LogP contribution in [0.15, 0.2) is 48.1 Å². The second kappa shape index (κ2) is 6.14. The summed E-state index contributed by atoms with van der Waals surface area (Å²) in [6, 6.07) is 9.89. The van der Waals surface area contributed by atoms with Crippen LogP contribution in [0.3, 0.4) is 0 Å². The van der Waals surface area contributed by atoms with Crippen LogP contribution in [0.5, 0.6) is 0 Å². The fourth-order valence-corrected chi connectivity index (χ4v) is 5.63. The van der Waals surface area contributed by atoms with E-state index in [0.29, 0.717) is 0 Å². The fraction of sp³-hybridized carbons (Fsp3) is 0.412. The molecule has 2 aromatic rings. The fourth-order valence-electron chi connectivity index (χ4n) is 3.95. The van der Waals surface area contributed by atoms with E-state index in [-0.39, 0.29) is 18.1 Å². The van der Waals surface area contributed by atoms with Gasteiger partial charge >= 0.3 is 0 Å². The summed E-state index contributed by atoms with van der Waals surface area (Å²) in [6.07, 6.45) is 8.68. The van der Waals surface area contributed by atoms with Gasteiger partial charge in [-0.2, -0.15) is 4.31 Å². The molecular weight excluding hydrogens is 324 g/mol. The Balaban J connectivity index is 1.53. The lowest BCUT2D eigenvalue weighted by Gasteiger charge is -2.37. The minimum atomic E-state index is -3.40. The van der Waals surface area contributed by atoms with E-state index in [4.69, 9.17) is 0 Å². The monoisotopic (exact) mass is 344 g/mol. The normalized spacial score (nSPS) is 27.8. The molecule has 2 saturated heterocycles. The highest BCUT2D eigenvalue weighted by atomic mass is 32.2. The molecule has 1 aromatic carbocycles. The van der Waals surface area contributed by atoms with E-state index in [1.54, 1.807) is 16.6 Å². The van der Waals surface area contributed by atoms with Crippen LogP contribution >= 0.6 is 0 Å². The van der Waals surface area contributed by atoms with Gasteiger partial charge in [-0.15, -0.1) is 5.10 Å². The summed E-state index contributed by atoms with van der Waals surface area (Å²) in [5.41, 5.74) is 0.894. The molecule has 0 radical (unpaired) electrons. The highest BCUT2D eigenvalue weighted by Crippen LogP contribution is 2.42. The van der Waals surface area contributed by atoms with Crippen LogP contribution in [0.1, 0.15) is 37.3 Å². The minimum Gasteiger partial charge on any atom is -0.249 e. The van der Waals surface area contributed by atoms with E-state index < -0.39 is 10.0 Å². The molecule has 3 heterocycles. The van der Waals surface area contributed by atoms with Gasteiger partial charge in [0.2, 0.25) is 10.0 Å². The standard InChI is InChI=1S/C17H20N4O2S/c22-24(23,11-8-14-4-2-1-3-5-14)21-15-6-7-16(21)13-17(12-15)20-10-9-18-19-20/h1-5,8-11,15-17H,6-7,12-13H2. The van der Waals surface area contributed by atoms with Gasteiger partial charge in [0.15, 0.2) is 0 Å². The molecule has 4 rings (SSSR count). The van der Waals surface area contributed by atoms with Gasteiger partial charge in [-0.25, -0.2) is 13.1 Å². The van der Waals surface area contributed by atoms with Crippen LogP contribution in [0, 0.1) is 0 Å². The first-order valence-corrected chi connectivity index (χ1v) is 9.76. The van der Waals surface area contributed by atoms with Gasteiger partial charge in [-0.05, 0) is 37.3 Å². The molecule has 2 atom stereocenters. The number of nitrogens with zero attached hydrogens (tertiary/aromatic N) is 4. The van der Waals surface area contributed by atoms with Crippen LogP contribution in [-0.2, 0) is 10.0 Å². The molecule has 7 heteroatoms. The first-order chi connectivity index (χ1) is 11.6. The van der Waals surface area contributed by atoms with Crippen molar-refractivity contribution < 1.29 is 8.42 Å². The molecule has 6 nitrogen and oxygen atoms in total. The van der Waals surface area contributed by atoms with E-state index in [0.717, 1.165) is 31.2 Å². The summed E-state index contributed by atoms with van der Waals surface area (Å²) in [6.45, 7) is 0. The SMILES string of the molecule is O=S(=O)(C=Cc1ccccc1)N1C2CCC1CC(n1ccnn1)C2. The second-order valence-electron chi connectivity index (χ2n) is 6.48. The molecule has 0 N–H and O–H groups in total. The number of piperidine rings is 1. The third kappa shape index (κ3) is 2.89. The Bertz CT molecular complexity index is 804. The zero-order chi connectivity index (χ0) is 16.6. The molecule has 2 aliphatic rings. The summed E-state index contributed by atoms with van der Waals surface area (Å²) in [5.74, 6) is 0. The van der Waals surface area contributed by atoms with Crippen molar-refractivity contribution in [1.82, 2.24) is 19.3 Å². The molecule has 2 unspecified atom stereocenters. The predicted molar refractivity (Wildman–Crippen MR) is 91.3 cm³/mol. The van der Waals surface area contributed by atoms with Crippen LogP contribution in [0.25, 0.3) is 6.08 Å². The molecule has 2 aliphatic heterocycles. The summed E-state index contributed by atoms with van der Waals surface area (Å²) in [7, 11) is -3.40. The Morgan fingerprint density at radius 2 is 1.75 bits per heavy atom. The number of fused-ring (bicyclic) bond motifs is 2. The Labute approximate surface area is 141 Å². The topological polar surface area (TPSA) is 68.1 Å². The summed E-state index contributed by atoms with van der Waals surface area (Å²) >= 11 is 0. The third-order valence-electron chi connectivity index (χ3n) is 4.98. The maximum Gasteiger partial charge on any atom is 0.236 e. The highest BCUT2D eigenvalue weighted by Gasteiger charge is 2.46. The van der Waals surface area contributed by atoms with Gasteiger partial charge in [0.1, 0.15) is 0 Å². The largest absolute Gasteiger partial charge is 0.249 e. The number of aromatic nitrogens is 3. The lowest BCUT2D eigenvalue weighted by molar-refractivity contribution is 0.185. The lowest BCUT2D eigenvalue weighted by Crippen LogP contribution is -2.46. The van der Waals surface area contributed by atoms with Crippen molar-refractivity contribution in [2.45, 2.75) is 43.8 Å². The highest BCUT2D eigenvalue weighted by molar-refractivity contribution is 7.92. The van der Waals surface area contributed by atoms with E-state index >= 15 is 0 Å². The number of benzene rings is 1. The third-order valence-corrected chi connectivity index (χ3v) is 6.65. The molecule has 2 bridgehead atoms. The van der Waals surface area contributed by atoms with Crippen molar-refractivity contribution in [2.75, 3.05) is 0 Å². The number of hydrogen-bond acceptors (Lipinski definition) is 4. The maximum absolute atomic E-state index is 12.8. The molecule has 0 aliphatic carbocycles. The molecular formula is C17H20N4O2S. The average molecular weight is 344 g/mol. The molecule has 24 heavy (non-hydrogen) atoms. The molecule has 126 valence electrons. The van der Waals surface area contributed by atoms with Crippen molar-refractivity contribution in [3.05, 3.63) is 53.7 Å². The number of hydrogen-bond donors (Lipinski definition) is 0. The van der Waals surface area contributed by atoms with E-state index in [9.17, 15) is 8.42 Å². The Morgan fingerprint density at radius 1 is 1.04 bits per heavy atom. The summed E-state index contributed by atoms with van der Waals surface area (Å²) in [5, 5.41) is 9.30. The number of rotatable bonds is 4. The van der Waals surface area contributed by atoms with Gasteiger partial charge in [0, 0.05) is 23.7 Å². The smallest absolute Gasteiger partial charge is 0.236 e.